The van der Waals surface area contributed by atoms with Gasteiger partial charge in [-0.3, -0.25) is 19.2 Å². The van der Waals surface area contributed by atoms with Crippen molar-refractivity contribution in [3.8, 4) is 0 Å². The van der Waals surface area contributed by atoms with Gasteiger partial charge in [0.25, 0.3) is 0 Å². The molecular weight excluding hydrogens is 318 g/mol. The molecule has 0 saturated carbocycles. The summed E-state index contributed by atoms with van der Waals surface area (Å²) in [6.07, 6.45) is 5.86. The molecule has 4 heterocycles. The van der Waals surface area contributed by atoms with Crippen molar-refractivity contribution in [3.05, 3.63) is 17.5 Å². The van der Waals surface area contributed by atoms with Crippen LogP contribution in [-0.4, -0.2) is 57.1 Å². The summed E-state index contributed by atoms with van der Waals surface area (Å²) in [4.78, 5) is 27.8. The molecule has 2 N–H and O–H groups in total. The highest BCUT2D eigenvalue weighted by Gasteiger charge is 2.38. The number of hydrogen-bond acceptors (Lipinski definition) is 4. The highest BCUT2D eigenvalue weighted by Crippen LogP contribution is 2.26. The fourth-order valence-electron chi connectivity index (χ4n) is 4.45. The molecule has 7 nitrogen and oxygen atoms in total. The molecule has 2 fully saturated rings. The predicted octanol–water partition coefficient (Wildman–Crippen LogP) is 0.518. The van der Waals surface area contributed by atoms with E-state index in [0.29, 0.717) is 6.54 Å². The second kappa shape index (κ2) is 6.78. The average molecular weight is 345 g/mol. The van der Waals surface area contributed by atoms with Crippen LogP contribution < -0.4 is 5.73 Å². The molecule has 7 heteroatoms. The second-order valence-corrected chi connectivity index (χ2v) is 7.66. The maximum absolute atomic E-state index is 12.2. The van der Waals surface area contributed by atoms with Crippen molar-refractivity contribution in [2.45, 2.75) is 57.7 Å². The number of aromatic nitrogens is 2. The van der Waals surface area contributed by atoms with E-state index in [-0.39, 0.29) is 30.2 Å². The lowest BCUT2D eigenvalue weighted by atomic mass is 10.0. The third kappa shape index (κ3) is 3.42. The van der Waals surface area contributed by atoms with Crippen LogP contribution >= 0.6 is 0 Å². The van der Waals surface area contributed by atoms with Gasteiger partial charge >= 0.3 is 0 Å². The first-order valence-electron chi connectivity index (χ1n) is 9.47. The van der Waals surface area contributed by atoms with Crippen molar-refractivity contribution >= 4 is 11.8 Å². The van der Waals surface area contributed by atoms with Gasteiger partial charge in [0.05, 0.1) is 11.6 Å². The number of nitrogens with zero attached hydrogens (tertiary/aromatic N) is 4. The molecule has 0 bridgehead atoms. The fraction of sp³-hybridized carbons (Fsp3) is 0.722. The minimum absolute atomic E-state index is 0.0871. The molecule has 3 aliphatic rings. The number of amides is 2. The molecule has 4 rings (SSSR count). The highest BCUT2D eigenvalue weighted by molar-refractivity contribution is 5.88. The maximum Gasteiger partial charge on any atom is 0.223 e. The van der Waals surface area contributed by atoms with Gasteiger partial charge in [-0.2, -0.15) is 5.10 Å². The minimum Gasteiger partial charge on any atom is -0.369 e. The Morgan fingerprint density at radius 2 is 2.04 bits per heavy atom. The van der Waals surface area contributed by atoms with Crippen LogP contribution in [-0.2, 0) is 29.1 Å². The van der Waals surface area contributed by atoms with E-state index in [2.05, 4.69) is 15.6 Å². The van der Waals surface area contributed by atoms with Gasteiger partial charge in [0.1, 0.15) is 0 Å². The molecule has 1 unspecified atom stereocenters. The SMILES string of the molecule is NC(=O)C1CC(=O)N(C2CCN(Cc3cc4n(n3)CCCC4)CC2)C1. The van der Waals surface area contributed by atoms with E-state index < -0.39 is 0 Å². The first-order valence-corrected chi connectivity index (χ1v) is 9.47. The number of aryl methyl sites for hydroxylation is 2. The Morgan fingerprint density at radius 3 is 2.72 bits per heavy atom. The molecule has 0 aliphatic carbocycles. The summed E-state index contributed by atoms with van der Waals surface area (Å²) >= 11 is 0. The molecule has 1 aromatic rings. The molecular formula is C18H27N5O2. The topological polar surface area (TPSA) is 84.5 Å². The molecule has 25 heavy (non-hydrogen) atoms. The van der Waals surface area contributed by atoms with Gasteiger partial charge in [0.2, 0.25) is 11.8 Å². The van der Waals surface area contributed by atoms with Crippen LogP contribution in [0, 0.1) is 5.92 Å². The average Bonchev–Trinajstić information content (AvgIpc) is 3.18. The van der Waals surface area contributed by atoms with Crippen molar-refractivity contribution < 1.29 is 9.59 Å². The minimum atomic E-state index is -0.350. The number of primary amides is 1. The van der Waals surface area contributed by atoms with Gasteiger partial charge in [-0.25, -0.2) is 0 Å². The van der Waals surface area contributed by atoms with E-state index >= 15 is 0 Å². The molecule has 0 spiro atoms. The summed E-state index contributed by atoms with van der Waals surface area (Å²) in [7, 11) is 0. The van der Waals surface area contributed by atoms with Crippen LogP contribution in [0.3, 0.4) is 0 Å². The van der Waals surface area contributed by atoms with Crippen LogP contribution in [0.1, 0.15) is 43.5 Å². The Labute approximate surface area is 148 Å². The summed E-state index contributed by atoms with van der Waals surface area (Å²) in [5, 5.41) is 4.74. The summed E-state index contributed by atoms with van der Waals surface area (Å²) in [6, 6.07) is 2.51. The number of likely N-dealkylation sites (tertiary alicyclic amines) is 2. The van der Waals surface area contributed by atoms with Crippen molar-refractivity contribution in [2.75, 3.05) is 19.6 Å². The molecule has 0 radical (unpaired) electrons. The van der Waals surface area contributed by atoms with E-state index in [1.807, 2.05) is 4.90 Å². The lowest BCUT2D eigenvalue weighted by molar-refractivity contribution is -0.130. The number of carbonyl (C=O) groups excluding carboxylic acids is 2. The molecule has 136 valence electrons. The first kappa shape index (κ1) is 16.6. The predicted molar refractivity (Wildman–Crippen MR) is 92.5 cm³/mol. The zero-order chi connectivity index (χ0) is 17.4. The first-order chi connectivity index (χ1) is 12.1. The quantitative estimate of drug-likeness (QED) is 0.862. The third-order valence-corrected chi connectivity index (χ3v) is 5.91. The molecule has 0 aromatic carbocycles. The van der Waals surface area contributed by atoms with Crippen LogP contribution in [0.4, 0.5) is 0 Å². The molecule has 1 aromatic heterocycles. The lowest BCUT2D eigenvalue weighted by Gasteiger charge is -2.36. The van der Waals surface area contributed by atoms with Crippen molar-refractivity contribution in [2.24, 2.45) is 11.7 Å². The summed E-state index contributed by atoms with van der Waals surface area (Å²) in [5.41, 5.74) is 7.91. The Balaban J connectivity index is 1.30. The van der Waals surface area contributed by atoms with E-state index in [1.165, 1.54) is 24.2 Å². The fourth-order valence-corrected chi connectivity index (χ4v) is 4.45. The standard InChI is InChI=1S/C18H27N5O2/c19-18(25)13-9-17(24)22(11-13)15-4-7-21(8-5-15)12-14-10-16-3-1-2-6-23(16)20-14/h10,13,15H,1-9,11-12H2,(H2,19,25). The third-order valence-electron chi connectivity index (χ3n) is 5.91. The largest absolute Gasteiger partial charge is 0.369 e. The number of carbonyl (C=O) groups is 2. The van der Waals surface area contributed by atoms with Gasteiger partial charge < -0.3 is 10.6 Å². The number of fused-ring (bicyclic) bond motifs is 1. The van der Waals surface area contributed by atoms with E-state index in [9.17, 15) is 9.59 Å². The second-order valence-electron chi connectivity index (χ2n) is 7.66. The van der Waals surface area contributed by atoms with Crippen LogP contribution in [0.5, 0.6) is 0 Å². The molecule has 1 atom stereocenters. The van der Waals surface area contributed by atoms with Gasteiger partial charge in [0.15, 0.2) is 0 Å². The van der Waals surface area contributed by atoms with Crippen LogP contribution in [0.2, 0.25) is 0 Å². The normalized spacial score (nSPS) is 25.4. The Kier molecular flexibility index (Phi) is 4.50. The molecule has 3 aliphatic heterocycles. The van der Waals surface area contributed by atoms with E-state index in [4.69, 9.17) is 10.8 Å². The summed E-state index contributed by atoms with van der Waals surface area (Å²) in [6.45, 7) is 4.39. The Hall–Kier alpha value is -1.89. The summed E-state index contributed by atoms with van der Waals surface area (Å²) < 4.78 is 2.17. The number of hydrogen-bond donors (Lipinski definition) is 1. The summed E-state index contributed by atoms with van der Waals surface area (Å²) in [5.74, 6) is -0.566. The Bertz CT molecular complexity index is 639. The van der Waals surface area contributed by atoms with Crippen LogP contribution in [0.25, 0.3) is 0 Å². The van der Waals surface area contributed by atoms with Crippen molar-refractivity contribution in [1.82, 2.24) is 19.6 Å². The van der Waals surface area contributed by atoms with E-state index in [0.717, 1.165) is 45.4 Å². The lowest BCUT2D eigenvalue weighted by Crippen LogP contribution is -2.45. The molecule has 2 amide bonds. The Morgan fingerprint density at radius 1 is 1.24 bits per heavy atom. The van der Waals surface area contributed by atoms with Gasteiger partial charge in [-0.05, 0) is 38.2 Å². The maximum atomic E-state index is 12.2. The van der Waals surface area contributed by atoms with E-state index in [1.54, 1.807) is 0 Å². The van der Waals surface area contributed by atoms with Crippen molar-refractivity contribution in [1.29, 1.82) is 0 Å². The zero-order valence-corrected chi connectivity index (χ0v) is 14.7. The zero-order valence-electron chi connectivity index (χ0n) is 14.7. The monoisotopic (exact) mass is 345 g/mol. The number of rotatable bonds is 4. The number of nitrogens with two attached hydrogens (primary N) is 1. The van der Waals surface area contributed by atoms with Crippen LogP contribution in [0.15, 0.2) is 6.07 Å². The smallest absolute Gasteiger partial charge is 0.223 e. The number of piperidine rings is 1. The van der Waals surface area contributed by atoms with Gasteiger partial charge in [-0.15, -0.1) is 0 Å². The van der Waals surface area contributed by atoms with Gasteiger partial charge in [-0.1, -0.05) is 0 Å². The molecule has 2 saturated heterocycles. The van der Waals surface area contributed by atoms with Gasteiger partial charge in [0, 0.05) is 50.9 Å². The van der Waals surface area contributed by atoms with Crippen molar-refractivity contribution in [3.63, 3.8) is 0 Å². The highest BCUT2D eigenvalue weighted by atomic mass is 16.2.